The third kappa shape index (κ3) is 3.71. The minimum absolute atomic E-state index is 0.730. The molecule has 0 aromatic heterocycles. The molecule has 3 atom stereocenters. The van der Waals surface area contributed by atoms with Crippen LogP contribution in [-0.2, 0) is 0 Å². The van der Waals surface area contributed by atoms with Crippen LogP contribution >= 0.6 is 0 Å². The normalized spacial score (nSPS) is 31.5. The van der Waals surface area contributed by atoms with Crippen molar-refractivity contribution in [3.8, 4) is 0 Å². The Bertz CT molecular complexity index is 237. The molecule has 0 amide bonds. The van der Waals surface area contributed by atoms with E-state index in [1.54, 1.807) is 0 Å². The molecule has 0 bridgehead atoms. The van der Waals surface area contributed by atoms with Gasteiger partial charge in [0.05, 0.1) is 0 Å². The Morgan fingerprint density at radius 1 is 1.17 bits per heavy atom. The van der Waals surface area contributed by atoms with Crippen LogP contribution in [-0.4, -0.2) is 36.1 Å². The molecule has 1 aliphatic carbocycles. The number of piperazine rings is 1. The molecule has 18 heavy (non-hydrogen) atoms. The first kappa shape index (κ1) is 14.3. The van der Waals surface area contributed by atoms with Crippen molar-refractivity contribution in [2.45, 2.75) is 83.8 Å². The highest BCUT2D eigenvalue weighted by Crippen LogP contribution is 2.35. The summed E-state index contributed by atoms with van der Waals surface area (Å²) in [4.78, 5) is 2.83. The predicted octanol–water partition coefficient (Wildman–Crippen LogP) is 3.42. The van der Waals surface area contributed by atoms with E-state index in [1.807, 2.05) is 0 Å². The highest BCUT2D eigenvalue weighted by molar-refractivity contribution is 4.95. The van der Waals surface area contributed by atoms with Gasteiger partial charge in [0, 0.05) is 31.2 Å². The molecule has 2 heteroatoms. The maximum atomic E-state index is 3.77. The minimum atomic E-state index is 0.730. The molecule has 2 fully saturated rings. The molecule has 1 aliphatic heterocycles. The van der Waals surface area contributed by atoms with Crippen molar-refractivity contribution in [1.29, 1.82) is 0 Å². The average molecular weight is 252 g/mol. The quantitative estimate of drug-likeness (QED) is 0.747. The lowest BCUT2D eigenvalue weighted by atomic mass is 9.97. The largest absolute Gasteiger partial charge is 0.311 e. The van der Waals surface area contributed by atoms with Crippen LogP contribution in [0.5, 0.6) is 0 Å². The Morgan fingerprint density at radius 2 is 1.94 bits per heavy atom. The number of hydrogen-bond acceptors (Lipinski definition) is 2. The van der Waals surface area contributed by atoms with Gasteiger partial charge >= 0.3 is 0 Å². The second-order valence-electron chi connectivity index (χ2n) is 6.48. The molecule has 1 N–H and O–H groups in total. The van der Waals surface area contributed by atoms with Crippen LogP contribution in [0, 0.1) is 5.92 Å². The summed E-state index contributed by atoms with van der Waals surface area (Å²) in [6, 6.07) is 2.36. The molecule has 2 aliphatic rings. The van der Waals surface area contributed by atoms with Crippen LogP contribution < -0.4 is 5.32 Å². The standard InChI is InChI=1S/C16H32N2/c1-4-6-8-15(7-5-2)18-12-16(14-9-10-14)17-11-13(18)3/h13-17H,4-12H2,1-3H3. The van der Waals surface area contributed by atoms with E-state index in [0.29, 0.717) is 0 Å². The summed E-state index contributed by atoms with van der Waals surface area (Å²) >= 11 is 0. The number of unbranched alkanes of at least 4 members (excludes halogenated alkanes) is 1. The van der Waals surface area contributed by atoms with Crippen molar-refractivity contribution < 1.29 is 0 Å². The SMILES string of the molecule is CCCCC(CCC)N1CC(C2CC2)NCC1C. The van der Waals surface area contributed by atoms with E-state index in [2.05, 4.69) is 31.0 Å². The van der Waals surface area contributed by atoms with Crippen molar-refractivity contribution in [2.24, 2.45) is 5.92 Å². The minimum Gasteiger partial charge on any atom is -0.311 e. The van der Waals surface area contributed by atoms with E-state index in [4.69, 9.17) is 0 Å². The van der Waals surface area contributed by atoms with Crippen LogP contribution in [0.1, 0.15) is 65.7 Å². The first-order chi connectivity index (χ1) is 8.76. The fraction of sp³-hybridized carbons (Fsp3) is 1.00. The van der Waals surface area contributed by atoms with E-state index < -0.39 is 0 Å². The van der Waals surface area contributed by atoms with E-state index in [-0.39, 0.29) is 0 Å². The Kier molecular flexibility index (Phi) is 5.50. The molecule has 2 nitrogen and oxygen atoms in total. The summed E-state index contributed by atoms with van der Waals surface area (Å²) < 4.78 is 0. The lowest BCUT2D eigenvalue weighted by Gasteiger charge is -2.44. The van der Waals surface area contributed by atoms with Gasteiger partial charge in [-0.15, -0.1) is 0 Å². The van der Waals surface area contributed by atoms with Crippen molar-refractivity contribution in [3.05, 3.63) is 0 Å². The summed E-state index contributed by atoms with van der Waals surface area (Å²) in [7, 11) is 0. The van der Waals surface area contributed by atoms with Crippen molar-refractivity contribution in [3.63, 3.8) is 0 Å². The van der Waals surface area contributed by atoms with Crippen molar-refractivity contribution in [1.82, 2.24) is 10.2 Å². The number of hydrogen-bond donors (Lipinski definition) is 1. The molecule has 0 aromatic rings. The van der Waals surface area contributed by atoms with Gasteiger partial charge in [-0.25, -0.2) is 0 Å². The maximum absolute atomic E-state index is 3.77. The van der Waals surface area contributed by atoms with Gasteiger partial charge in [0.2, 0.25) is 0 Å². The maximum Gasteiger partial charge on any atom is 0.0224 e. The van der Waals surface area contributed by atoms with Gasteiger partial charge in [-0.1, -0.05) is 33.1 Å². The molecule has 2 rings (SSSR count). The van der Waals surface area contributed by atoms with Crippen molar-refractivity contribution >= 4 is 0 Å². The number of nitrogens with zero attached hydrogens (tertiary/aromatic N) is 1. The molecular formula is C16H32N2. The smallest absolute Gasteiger partial charge is 0.0224 e. The van der Waals surface area contributed by atoms with Crippen LogP contribution in [0.2, 0.25) is 0 Å². The summed E-state index contributed by atoms with van der Waals surface area (Å²) in [6.45, 7) is 9.57. The van der Waals surface area contributed by atoms with E-state index in [0.717, 1.165) is 24.0 Å². The molecular weight excluding hydrogens is 220 g/mol. The lowest BCUT2D eigenvalue weighted by Crippen LogP contribution is -2.59. The summed E-state index contributed by atoms with van der Waals surface area (Å²) in [5, 5.41) is 3.77. The fourth-order valence-electron chi connectivity index (χ4n) is 3.48. The molecule has 1 heterocycles. The van der Waals surface area contributed by atoms with E-state index >= 15 is 0 Å². The summed E-state index contributed by atoms with van der Waals surface area (Å²) in [6.07, 6.45) is 9.80. The number of nitrogens with one attached hydrogen (secondary N) is 1. The first-order valence-corrected chi connectivity index (χ1v) is 8.25. The Balaban J connectivity index is 1.91. The van der Waals surface area contributed by atoms with Crippen LogP contribution in [0.25, 0.3) is 0 Å². The highest BCUT2D eigenvalue weighted by Gasteiger charge is 2.37. The van der Waals surface area contributed by atoms with E-state index in [9.17, 15) is 0 Å². The Morgan fingerprint density at radius 3 is 2.56 bits per heavy atom. The topological polar surface area (TPSA) is 15.3 Å². The van der Waals surface area contributed by atoms with Crippen LogP contribution in [0.3, 0.4) is 0 Å². The van der Waals surface area contributed by atoms with Gasteiger partial charge in [-0.2, -0.15) is 0 Å². The zero-order chi connectivity index (χ0) is 13.0. The van der Waals surface area contributed by atoms with Gasteiger partial charge in [0.25, 0.3) is 0 Å². The Hall–Kier alpha value is -0.0800. The lowest BCUT2D eigenvalue weighted by molar-refractivity contribution is 0.0740. The van der Waals surface area contributed by atoms with Crippen LogP contribution in [0.15, 0.2) is 0 Å². The number of rotatable bonds is 7. The molecule has 0 aromatic carbocycles. The molecule has 1 saturated carbocycles. The second kappa shape index (κ2) is 6.91. The van der Waals surface area contributed by atoms with Gasteiger partial charge in [0.1, 0.15) is 0 Å². The summed E-state index contributed by atoms with van der Waals surface area (Å²) in [5.74, 6) is 0.994. The summed E-state index contributed by atoms with van der Waals surface area (Å²) in [5.41, 5.74) is 0. The fourth-order valence-corrected chi connectivity index (χ4v) is 3.48. The molecule has 0 spiro atoms. The van der Waals surface area contributed by atoms with Crippen LogP contribution in [0.4, 0.5) is 0 Å². The predicted molar refractivity (Wildman–Crippen MR) is 78.9 cm³/mol. The Labute approximate surface area is 114 Å². The molecule has 106 valence electrons. The van der Waals surface area contributed by atoms with Gasteiger partial charge in [0.15, 0.2) is 0 Å². The van der Waals surface area contributed by atoms with Gasteiger partial charge in [-0.3, -0.25) is 4.90 Å². The van der Waals surface area contributed by atoms with Gasteiger partial charge in [-0.05, 0) is 38.5 Å². The molecule has 3 unspecified atom stereocenters. The third-order valence-electron chi connectivity index (χ3n) is 4.82. The van der Waals surface area contributed by atoms with Crippen molar-refractivity contribution in [2.75, 3.05) is 13.1 Å². The molecule has 0 radical (unpaired) electrons. The zero-order valence-corrected chi connectivity index (χ0v) is 12.6. The highest BCUT2D eigenvalue weighted by atomic mass is 15.3. The second-order valence-corrected chi connectivity index (χ2v) is 6.48. The first-order valence-electron chi connectivity index (χ1n) is 8.25. The van der Waals surface area contributed by atoms with Gasteiger partial charge < -0.3 is 5.32 Å². The molecule has 1 saturated heterocycles. The average Bonchev–Trinajstić information content (AvgIpc) is 3.20. The zero-order valence-electron chi connectivity index (χ0n) is 12.6. The van der Waals surface area contributed by atoms with E-state index in [1.165, 1.54) is 58.0 Å². The third-order valence-corrected chi connectivity index (χ3v) is 4.82. The monoisotopic (exact) mass is 252 g/mol.